The van der Waals surface area contributed by atoms with Gasteiger partial charge >= 0.3 is 0 Å². The summed E-state index contributed by atoms with van der Waals surface area (Å²) >= 11 is 0. The molecule has 1 atom stereocenters. The second kappa shape index (κ2) is 4.93. The molecule has 16 heavy (non-hydrogen) atoms. The van der Waals surface area contributed by atoms with E-state index in [-0.39, 0.29) is 12.2 Å². The van der Waals surface area contributed by atoms with Crippen molar-refractivity contribution in [1.29, 1.82) is 0 Å². The van der Waals surface area contributed by atoms with E-state index in [0.29, 0.717) is 6.54 Å². The third-order valence-electron chi connectivity index (χ3n) is 3.29. The maximum absolute atomic E-state index is 12.4. The molecular formula is C13H19FN2. The lowest BCUT2D eigenvalue weighted by atomic mass is 9.90. The van der Waals surface area contributed by atoms with Gasteiger partial charge in [-0.3, -0.25) is 4.90 Å². The van der Waals surface area contributed by atoms with Gasteiger partial charge in [0.05, 0.1) is 5.54 Å². The highest BCUT2D eigenvalue weighted by Crippen LogP contribution is 2.23. The van der Waals surface area contributed by atoms with E-state index >= 15 is 0 Å². The smallest absolute Gasteiger partial charge is 0.102 e. The molecule has 1 heterocycles. The second-order valence-electron chi connectivity index (χ2n) is 4.59. The van der Waals surface area contributed by atoms with Gasteiger partial charge in [0.15, 0.2) is 0 Å². The van der Waals surface area contributed by atoms with Crippen LogP contribution >= 0.6 is 0 Å². The molecule has 1 N–H and O–H groups in total. The van der Waals surface area contributed by atoms with Gasteiger partial charge in [0.25, 0.3) is 0 Å². The molecule has 1 fully saturated rings. The molecule has 1 aromatic rings. The Balaban J connectivity index is 2.12. The van der Waals surface area contributed by atoms with E-state index < -0.39 is 0 Å². The zero-order valence-electron chi connectivity index (χ0n) is 9.75. The molecule has 1 aliphatic rings. The summed E-state index contributed by atoms with van der Waals surface area (Å²) in [5.74, 6) is 0. The van der Waals surface area contributed by atoms with Crippen LogP contribution in [0.5, 0.6) is 0 Å². The first-order valence-electron chi connectivity index (χ1n) is 5.83. The van der Waals surface area contributed by atoms with Crippen molar-refractivity contribution in [3.63, 3.8) is 0 Å². The predicted octanol–water partition coefficient (Wildman–Crippen LogP) is 1.78. The van der Waals surface area contributed by atoms with Crippen LogP contribution in [0.4, 0.5) is 4.39 Å². The Labute approximate surface area is 96.5 Å². The van der Waals surface area contributed by atoms with Crippen molar-refractivity contribution >= 4 is 0 Å². The van der Waals surface area contributed by atoms with Crippen molar-refractivity contribution in [3.05, 3.63) is 35.9 Å². The molecule has 2 nitrogen and oxygen atoms in total. The van der Waals surface area contributed by atoms with Crippen molar-refractivity contribution in [2.75, 3.05) is 32.9 Å². The number of hydrogen-bond acceptors (Lipinski definition) is 2. The van der Waals surface area contributed by atoms with Gasteiger partial charge < -0.3 is 5.32 Å². The van der Waals surface area contributed by atoms with Gasteiger partial charge in [0, 0.05) is 26.2 Å². The number of alkyl halides is 1. The Bertz CT molecular complexity index is 326. The average molecular weight is 222 g/mol. The maximum atomic E-state index is 12.4. The van der Waals surface area contributed by atoms with Gasteiger partial charge in [0.2, 0.25) is 0 Å². The van der Waals surface area contributed by atoms with Gasteiger partial charge in [-0.25, -0.2) is 4.39 Å². The molecule has 88 valence electrons. The quantitative estimate of drug-likeness (QED) is 0.838. The zero-order valence-corrected chi connectivity index (χ0v) is 9.75. The van der Waals surface area contributed by atoms with E-state index in [1.165, 1.54) is 5.56 Å². The van der Waals surface area contributed by atoms with E-state index in [1.54, 1.807) is 0 Å². The number of hydrogen-bond donors (Lipinski definition) is 1. The summed E-state index contributed by atoms with van der Waals surface area (Å²) in [7, 11) is 0. The third kappa shape index (κ3) is 2.42. The number of halogens is 1. The molecule has 0 radical (unpaired) electrons. The molecule has 2 rings (SSSR count). The summed E-state index contributed by atoms with van der Waals surface area (Å²) in [5.41, 5.74) is 1.23. The Morgan fingerprint density at radius 2 is 2.12 bits per heavy atom. The van der Waals surface area contributed by atoms with Gasteiger partial charge in [-0.05, 0) is 12.5 Å². The summed E-state index contributed by atoms with van der Waals surface area (Å²) in [6, 6.07) is 10.4. The van der Waals surface area contributed by atoms with E-state index in [2.05, 4.69) is 41.4 Å². The predicted molar refractivity (Wildman–Crippen MR) is 64.2 cm³/mol. The van der Waals surface area contributed by atoms with Crippen LogP contribution in [0.15, 0.2) is 30.3 Å². The molecule has 1 aromatic carbocycles. The molecule has 0 amide bonds. The summed E-state index contributed by atoms with van der Waals surface area (Å²) in [6.07, 6.45) is 0. The van der Waals surface area contributed by atoms with Gasteiger partial charge in [-0.15, -0.1) is 0 Å². The van der Waals surface area contributed by atoms with Gasteiger partial charge in [-0.2, -0.15) is 0 Å². The maximum Gasteiger partial charge on any atom is 0.102 e. The first kappa shape index (κ1) is 11.6. The summed E-state index contributed by atoms with van der Waals surface area (Å²) in [6.45, 7) is 5.21. The second-order valence-corrected chi connectivity index (χ2v) is 4.59. The van der Waals surface area contributed by atoms with Crippen molar-refractivity contribution in [3.8, 4) is 0 Å². The lowest BCUT2D eigenvalue weighted by Crippen LogP contribution is -2.56. The zero-order chi connectivity index (χ0) is 11.4. The van der Waals surface area contributed by atoms with Gasteiger partial charge in [-0.1, -0.05) is 30.3 Å². The highest BCUT2D eigenvalue weighted by Gasteiger charge is 2.31. The molecule has 1 saturated heterocycles. The van der Waals surface area contributed by atoms with Crippen LogP contribution in [-0.4, -0.2) is 37.8 Å². The third-order valence-corrected chi connectivity index (χ3v) is 3.29. The minimum atomic E-state index is -0.259. The summed E-state index contributed by atoms with van der Waals surface area (Å²) in [4.78, 5) is 2.18. The topological polar surface area (TPSA) is 15.3 Å². The monoisotopic (exact) mass is 222 g/mol. The van der Waals surface area contributed by atoms with Crippen molar-refractivity contribution in [2.24, 2.45) is 0 Å². The number of benzene rings is 1. The highest BCUT2D eigenvalue weighted by molar-refractivity contribution is 5.24. The van der Waals surface area contributed by atoms with Crippen LogP contribution in [0, 0.1) is 0 Å². The minimum Gasteiger partial charge on any atom is -0.305 e. The molecule has 0 saturated carbocycles. The van der Waals surface area contributed by atoms with Crippen molar-refractivity contribution in [2.45, 2.75) is 12.5 Å². The van der Waals surface area contributed by atoms with Crippen molar-refractivity contribution < 1.29 is 4.39 Å². The van der Waals surface area contributed by atoms with Crippen LogP contribution < -0.4 is 5.32 Å². The fourth-order valence-corrected chi connectivity index (χ4v) is 2.38. The molecular weight excluding hydrogens is 203 g/mol. The van der Waals surface area contributed by atoms with Gasteiger partial charge in [0.1, 0.15) is 6.67 Å². The Hall–Kier alpha value is -0.930. The number of nitrogens with zero attached hydrogens (tertiary/aromatic N) is 1. The highest BCUT2D eigenvalue weighted by atomic mass is 19.1. The lowest BCUT2D eigenvalue weighted by molar-refractivity contribution is 0.135. The van der Waals surface area contributed by atoms with Crippen LogP contribution in [0.2, 0.25) is 0 Å². The van der Waals surface area contributed by atoms with Crippen LogP contribution in [0.25, 0.3) is 0 Å². The molecule has 0 aliphatic carbocycles. The molecule has 0 aromatic heterocycles. The van der Waals surface area contributed by atoms with E-state index in [4.69, 9.17) is 0 Å². The summed E-state index contributed by atoms with van der Waals surface area (Å²) in [5, 5.41) is 3.54. The normalized spacial score (nSPS) is 26.9. The van der Waals surface area contributed by atoms with Crippen LogP contribution in [-0.2, 0) is 5.54 Å². The van der Waals surface area contributed by atoms with Crippen LogP contribution in [0.3, 0.4) is 0 Å². The molecule has 3 heteroatoms. The fraction of sp³-hybridized carbons (Fsp3) is 0.538. The SMILES string of the molecule is CC1(c2ccccc2)CN(CCF)CCN1. The number of piperazine rings is 1. The van der Waals surface area contributed by atoms with E-state index in [9.17, 15) is 4.39 Å². The minimum absolute atomic E-state index is 0.0469. The van der Waals surface area contributed by atoms with Crippen molar-refractivity contribution in [1.82, 2.24) is 10.2 Å². The Kier molecular flexibility index (Phi) is 3.56. The standard InChI is InChI=1S/C13H19FN2/c1-13(12-5-3-2-4-6-12)11-16(9-7-14)10-8-15-13/h2-6,15H,7-11H2,1H3. The first-order valence-corrected chi connectivity index (χ1v) is 5.83. The fourth-order valence-electron chi connectivity index (χ4n) is 2.38. The molecule has 1 unspecified atom stereocenters. The Morgan fingerprint density at radius 3 is 2.81 bits per heavy atom. The molecule has 0 spiro atoms. The molecule has 1 aliphatic heterocycles. The Morgan fingerprint density at radius 1 is 1.38 bits per heavy atom. The van der Waals surface area contributed by atoms with E-state index in [0.717, 1.165) is 19.6 Å². The number of nitrogens with one attached hydrogen (secondary N) is 1. The van der Waals surface area contributed by atoms with Crippen LogP contribution in [0.1, 0.15) is 12.5 Å². The largest absolute Gasteiger partial charge is 0.305 e. The van der Waals surface area contributed by atoms with E-state index in [1.807, 2.05) is 6.07 Å². The first-order chi connectivity index (χ1) is 7.74. The average Bonchev–Trinajstić information content (AvgIpc) is 2.31. The lowest BCUT2D eigenvalue weighted by Gasteiger charge is -2.41. The summed E-state index contributed by atoms with van der Waals surface area (Å²) < 4.78 is 12.4. The molecule has 0 bridgehead atoms. The number of rotatable bonds is 3.